The number of amides is 1. The van der Waals surface area contributed by atoms with Crippen LogP contribution in [0.2, 0.25) is 0 Å². The molecule has 2 fully saturated rings. The van der Waals surface area contributed by atoms with Gasteiger partial charge in [-0.1, -0.05) is 0 Å². The van der Waals surface area contributed by atoms with E-state index < -0.39 is 0 Å². The van der Waals surface area contributed by atoms with Gasteiger partial charge in [-0.2, -0.15) is 5.26 Å². The molecule has 0 aromatic carbocycles. The van der Waals surface area contributed by atoms with Crippen LogP contribution in [0.4, 0.5) is 5.82 Å². The molecule has 128 valence electrons. The molecule has 1 unspecified atom stereocenters. The van der Waals surface area contributed by atoms with E-state index in [0.29, 0.717) is 18.7 Å². The van der Waals surface area contributed by atoms with Gasteiger partial charge in [0, 0.05) is 31.9 Å². The zero-order chi connectivity index (χ0) is 17.3. The second kappa shape index (κ2) is 6.78. The molecule has 0 aliphatic carbocycles. The maximum atomic E-state index is 12.7. The summed E-state index contributed by atoms with van der Waals surface area (Å²) in [7, 11) is 2.03. The van der Waals surface area contributed by atoms with Crippen molar-refractivity contribution in [2.24, 2.45) is 0 Å². The Balaban J connectivity index is 1.70. The molecule has 1 atom stereocenters. The monoisotopic (exact) mass is 327 g/mol. The number of nitrogens with zero attached hydrogens (tertiary/aromatic N) is 5. The molecule has 0 radical (unpaired) electrons. The first-order valence-corrected chi connectivity index (χ1v) is 8.63. The van der Waals surface area contributed by atoms with Gasteiger partial charge in [0.05, 0.1) is 11.6 Å². The first-order chi connectivity index (χ1) is 11.5. The van der Waals surface area contributed by atoms with E-state index in [-0.39, 0.29) is 11.9 Å². The zero-order valence-corrected chi connectivity index (χ0v) is 14.7. The number of hydrogen-bond donors (Lipinski definition) is 0. The predicted octanol–water partition coefficient (Wildman–Crippen LogP) is 1.31. The summed E-state index contributed by atoms with van der Waals surface area (Å²) in [5.74, 6) is 1.02. The Morgan fingerprint density at radius 3 is 2.54 bits per heavy atom. The number of rotatable bonds is 2. The summed E-state index contributed by atoms with van der Waals surface area (Å²) in [6, 6.07) is 4.27. The predicted molar refractivity (Wildman–Crippen MR) is 92.9 cm³/mol. The van der Waals surface area contributed by atoms with Gasteiger partial charge in [-0.25, -0.2) is 4.98 Å². The number of carbonyl (C=O) groups is 1. The van der Waals surface area contributed by atoms with Crippen molar-refractivity contribution in [2.75, 3.05) is 44.7 Å². The smallest absolute Gasteiger partial charge is 0.240 e. The van der Waals surface area contributed by atoms with Gasteiger partial charge in [-0.05, 0) is 51.9 Å². The first-order valence-electron chi connectivity index (χ1n) is 8.63. The van der Waals surface area contributed by atoms with Gasteiger partial charge in [0.1, 0.15) is 11.9 Å². The number of likely N-dealkylation sites (tertiary alicyclic amines) is 1. The van der Waals surface area contributed by atoms with Crippen molar-refractivity contribution < 1.29 is 4.79 Å². The molecule has 0 spiro atoms. The van der Waals surface area contributed by atoms with Crippen LogP contribution in [0, 0.1) is 25.2 Å². The fourth-order valence-electron chi connectivity index (χ4n) is 3.76. The van der Waals surface area contributed by atoms with E-state index in [4.69, 9.17) is 0 Å². The summed E-state index contributed by atoms with van der Waals surface area (Å²) in [6.07, 6.45) is 2.07. The van der Waals surface area contributed by atoms with Crippen LogP contribution in [0.15, 0.2) is 6.07 Å². The minimum Gasteiger partial charge on any atom is -0.352 e. The molecule has 6 heteroatoms. The highest BCUT2D eigenvalue weighted by Crippen LogP contribution is 2.24. The molecule has 1 aromatic rings. The Kier molecular flexibility index (Phi) is 4.72. The van der Waals surface area contributed by atoms with Crippen LogP contribution in [0.1, 0.15) is 29.7 Å². The van der Waals surface area contributed by atoms with Crippen LogP contribution in [-0.2, 0) is 4.79 Å². The third kappa shape index (κ3) is 3.09. The van der Waals surface area contributed by atoms with Crippen LogP contribution >= 0.6 is 0 Å². The van der Waals surface area contributed by atoms with Crippen molar-refractivity contribution in [1.29, 1.82) is 5.26 Å². The van der Waals surface area contributed by atoms with Crippen LogP contribution in [0.3, 0.4) is 0 Å². The average Bonchev–Trinajstić information content (AvgIpc) is 3.00. The Bertz CT molecular complexity index is 673. The van der Waals surface area contributed by atoms with E-state index >= 15 is 0 Å². The third-order valence-corrected chi connectivity index (χ3v) is 5.13. The minimum absolute atomic E-state index is 0.0468. The highest BCUT2D eigenvalue weighted by Gasteiger charge is 2.33. The van der Waals surface area contributed by atoms with E-state index in [1.54, 1.807) is 0 Å². The van der Waals surface area contributed by atoms with Crippen molar-refractivity contribution >= 4 is 11.7 Å². The fourth-order valence-corrected chi connectivity index (χ4v) is 3.76. The SMILES string of the molecule is Cc1cc(C)c(C#N)c(N2CCN(C(=O)C3CCCN3C)CC2)n1. The molecule has 0 saturated carbocycles. The summed E-state index contributed by atoms with van der Waals surface area (Å²) in [6.45, 7) is 7.76. The summed E-state index contributed by atoms with van der Waals surface area (Å²) in [5.41, 5.74) is 2.54. The lowest BCUT2D eigenvalue weighted by Gasteiger charge is -2.37. The number of nitriles is 1. The standard InChI is InChI=1S/C18H25N5O/c1-13-11-14(2)20-17(15(13)12-19)22-7-9-23(10-8-22)18(24)16-5-4-6-21(16)3/h11,16H,4-10H2,1-3H3. The molecule has 2 aliphatic heterocycles. The largest absolute Gasteiger partial charge is 0.352 e. The Morgan fingerprint density at radius 2 is 1.96 bits per heavy atom. The Labute approximate surface area is 143 Å². The number of likely N-dealkylation sites (N-methyl/N-ethyl adjacent to an activating group) is 1. The van der Waals surface area contributed by atoms with Crippen LogP contribution in [-0.4, -0.2) is 66.5 Å². The molecular weight excluding hydrogens is 302 g/mol. The molecule has 3 heterocycles. The second-order valence-corrected chi connectivity index (χ2v) is 6.84. The number of carbonyl (C=O) groups excluding carboxylic acids is 1. The minimum atomic E-state index is 0.0468. The van der Waals surface area contributed by atoms with Crippen molar-refractivity contribution in [3.8, 4) is 6.07 Å². The van der Waals surface area contributed by atoms with Crippen LogP contribution in [0.5, 0.6) is 0 Å². The van der Waals surface area contributed by atoms with Crippen molar-refractivity contribution in [2.45, 2.75) is 32.7 Å². The van der Waals surface area contributed by atoms with Crippen molar-refractivity contribution in [3.63, 3.8) is 0 Å². The number of aryl methyl sites for hydroxylation is 2. The van der Waals surface area contributed by atoms with Gasteiger partial charge >= 0.3 is 0 Å². The molecule has 24 heavy (non-hydrogen) atoms. The van der Waals surface area contributed by atoms with E-state index in [1.807, 2.05) is 31.9 Å². The maximum Gasteiger partial charge on any atom is 0.240 e. The number of anilines is 1. The molecule has 1 amide bonds. The quantitative estimate of drug-likeness (QED) is 0.819. The van der Waals surface area contributed by atoms with Gasteiger partial charge < -0.3 is 9.80 Å². The lowest BCUT2D eigenvalue weighted by Crippen LogP contribution is -2.53. The molecule has 0 N–H and O–H groups in total. The first kappa shape index (κ1) is 16.7. The van der Waals surface area contributed by atoms with Gasteiger partial charge in [0.2, 0.25) is 5.91 Å². The molecule has 0 bridgehead atoms. The average molecular weight is 327 g/mol. The van der Waals surface area contributed by atoms with Gasteiger partial charge in [-0.3, -0.25) is 9.69 Å². The third-order valence-electron chi connectivity index (χ3n) is 5.13. The number of aromatic nitrogens is 1. The van der Waals surface area contributed by atoms with Crippen LogP contribution < -0.4 is 4.90 Å². The van der Waals surface area contributed by atoms with Gasteiger partial charge in [-0.15, -0.1) is 0 Å². The van der Waals surface area contributed by atoms with E-state index in [0.717, 1.165) is 49.6 Å². The van der Waals surface area contributed by atoms with Crippen molar-refractivity contribution in [3.05, 3.63) is 22.9 Å². The highest BCUT2D eigenvalue weighted by atomic mass is 16.2. The topological polar surface area (TPSA) is 63.5 Å². The van der Waals surface area contributed by atoms with Gasteiger partial charge in [0.25, 0.3) is 0 Å². The zero-order valence-electron chi connectivity index (χ0n) is 14.7. The highest BCUT2D eigenvalue weighted by molar-refractivity contribution is 5.82. The fraction of sp³-hybridized carbons (Fsp3) is 0.611. The number of pyridine rings is 1. The number of piperazine rings is 1. The van der Waals surface area contributed by atoms with E-state index in [1.165, 1.54) is 0 Å². The summed E-state index contributed by atoms with van der Waals surface area (Å²) in [4.78, 5) is 23.5. The van der Waals surface area contributed by atoms with Crippen LogP contribution in [0.25, 0.3) is 0 Å². The number of hydrogen-bond acceptors (Lipinski definition) is 5. The van der Waals surface area contributed by atoms with Gasteiger partial charge in [0.15, 0.2) is 0 Å². The maximum absolute atomic E-state index is 12.7. The Morgan fingerprint density at radius 1 is 1.25 bits per heavy atom. The lowest BCUT2D eigenvalue weighted by molar-refractivity contribution is -0.135. The lowest BCUT2D eigenvalue weighted by atomic mass is 10.1. The van der Waals surface area contributed by atoms with E-state index in [9.17, 15) is 10.1 Å². The molecule has 2 aliphatic rings. The molecule has 3 rings (SSSR count). The van der Waals surface area contributed by atoms with E-state index in [2.05, 4.69) is 20.9 Å². The summed E-state index contributed by atoms with van der Waals surface area (Å²) >= 11 is 0. The second-order valence-electron chi connectivity index (χ2n) is 6.84. The normalized spacial score (nSPS) is 21.8. The molecular formula is C18H25N5O. The van der Waals surface area contributed by atoms with Crippen molar-refractivity contribution in [1.82, 2.24) is 14.8 Å². The summed E-state index contributed by atoms with van der Waals surface area (Å²) in [5, 5.41) is 9.45. The molecule has 1 aromatic heterocycles. The molecule has 6 nitrogen and oxygen atoms in total. The summed E-state index contributed by atoms with van der Waals surface area (Å²) < 4.78 is 0. The Hall–Kier alpha value is -2.13. The molecule has 2 saturated heterocycles.